The fourth-order valence-corrected chi connectivity index (χ4v) is 3.80. The van der Waals surface area contributed by atoms with E-state index in [0.29, 0.717) is 11.6 Å². The first-order chi connectivity index (χ1) is 18.0. The van der Waals surface area contributed by atoms with Crippen LogP contribution in [0.25, 0.3) is 0 Å². The first-order valence-corrected chi connectivity index (χ1v) is 11.4. The molecule has 2 atom stereocenters. The minimum atomic E-state index is -5.00. The van der Waals surface area contributed by atoms with Gasteiger partial charge in [-0.2, -0.15) is 13.2 Å². The van der Waals surface area contributed by atoms with Crippen molar-refractivity contribution in [1.82, 2.24) is 15.5 Å². The highest BCUT2D eigenvalue weighted by molar-refractivity contribution is 6.23. The van der Waals surface area contributed by atoms with Gasteiger partial charge in [-0.1, -0.05) is 48.5 Å². The van der Waals surface area contributed by atoms with Crippen molar-refractivity contribution in [3.8, 4) is 0 Å². The summed E-state index contributed by atoms with van der Waals surface area (Å²) in [5.74, 6) is -5.05. The molecule has 9 nitrogen and oxygen atoms in total. The molecular formula is C26H24F3N3O6. The first kappa shape index (κ1) is 28.3. The van der Waals surface area contributed by atoms with Crippen LogP contribution in [-0.4, -0.2) is 72.8 Å². The molecule has 0 fully saturated rings. The number of imide groups is 1. The number of rotatable bonds is 11. The van der Waals surface area contributed by atoms with Crippen LogP contribution in [0, 0.1) is 0 Å². The van der Waals surface area contributed by atoms with Crippen molar-refractivity contribution in [3.05, 3.63) is 83.4 Å². The summed E-state index contributed by atoms with van der Waals surface area (Å²) in [5.41, 5.74) is 0.945. The smallest absolute Gasteiger partial charge is 0.454 e. The Morgan fingerprint density at radius 1 is 0.974 bits per heavy atom. The van der Waals surface area contributed by atoms with Gasteiger partial charge in [0.05, 0.1) is 18.2 Å². The van der Waals surface area contributed by atoms with Crippen molar-refractivity contribution in [2.45, 2.75) is 24.7 Å². The molecule has 1 unspecified atom stereocenters. The Kier molecular flexibility index (Phi) is 9.13. The number of halogens is 3. The number of ketones is 1. The number of methoxy groups -OCH3 is 1. The lowest BCUT2D eigenvalue weighted by Gasteiger charge is -2.27. The highest BCUT2D eigenvalue weighted by Gasteiger charge is 2.43. The van der Waals surface area contributed by atoms with Crippen LogP contribution in [-0.2, 0) is 25.5 Å². The molecule has 1 heterocycles. The highest BCUT2D eigenvalue weighted by atomic mass is 19.4. The van der Waals surface area contributed by atoms with E-state index < -0.39 is 47.7 Å². The fraction of sp³-hybridized carbons (Fsp3) is 0.269. The molecule has 1 aliphatic heterocycles. The Balaban J connectivity index is 1.77. The fourth-order valence-electron chi connectivity index (χ4n) is 3.80. The summed E-state index contributed by atoms with van der Waals surface area (Å²) in [6, 6.07) is 12.2. The predicted octanol–water partition coefficient (Wildman–Crippen LogP) is 1.83. The predicted molar refractivity (Wildman–Crippen MR) is 128 cm³/mol. The van der Waals surface area contributed by atoms with Gasteiger partial charge in [0.25, 0.3) is 17.6 Å². The number of hydrogen-bond donors (Lipinski definition) is 2. The molecule has 0 saturated heterocycles. The van der Waals surface area contributed by atoms with E-state index in [2.05, 4.69) is 10.6 Å². The minimum absolute atomic E-state index is 0.0399. The van der Waals surface area contributed by atoms with Gasteiger partial charge in [-0.05, 0) is 23.8 Å². The lowest BCUT2D eigenvalue weighted by Crippen LogP contribution is -2.56. The average Bonchev–Trinajstić information content (AvgIpc) is 3.15. The Morgan fingerprint density at radius 2 is 1.55 bits per heavy atom. The molecule has 0 spiro atoms. The Morgan fingerprint density at radius 3 is 2.11 bits per heavy atom. The van der Waals surface area contributed by atoms with Crippen molar-refractivity contribution >= 4 is 29.5 Å². The number of hydrogen-bond acceptors (Lipinski definition) is 7. The normalized spacial score (nSPS) is 14.8. The molecule has 1 aliphatic rings. The molecule has 0 bridgehead atoms. The number of ether oxygens (including phenoxy) is 1. The van der Waals surface area contributed by atoms with E-state index >= 15 is 0 Å². The summed E-state index contributed by atoms with van der Waals surface area (Å²) in [7, 11) is 1.08. The van der Waals surface area contributed by atoms with E-state index in [1.54, 1.807) is 42.5 Å². The van der Waals surface area contributed by atoms with Crippen LogP contribution < -0.4 is 10.6 Å². The van der Waals surface area contributed by atoms with Gasteiger partial charge in [0.1, 0.15) is 12.1 Å². The Bertz CT molecular complexity index is 1210. The number of benzene rings is 2. The monoisotopic (exact) mass is 531 g/mol. The number of allylic oxidation sites excluding steroid dienone is 1. The number of alkyl halides is 3. The second kappa shape index (κ2) is 12.3. The molecule has 0 aliphatic carbocycles. The van der Waals surface area contributed by atoms with Gasteiger partial charge in [-0.15, -0.1) is 0 Å². The van der Waals surface area contributed by atoms with Gasteiger partial charge in [0, 0.05) is 19.5 Å². The van der Waals surface area contributed by atoms with E-state index in [1.165, 1.54) is 12.1 Å². The van der Waals surface area contributed by atoms with Crippen molar-refractivity contribution in [2.24, 2.45) is 0 Å². The molecule has 38 heavy (non-hydrogen) atoms. The lowest BCUT2D eigenvalue weighted by atomic mass is 10.0. The zero-order chi connectivity index (χ0) is 27.9. The van der Waals surface area contributed by atoms with Crippen LogP contribution in [0.1, 0.15) is 26.3 Å². The Labute approximate surface area is 215 Å². The summed E-state index contributed by atoms with van der Waals surface area (Å²) < 4.78 is 41.6. The van der Waals surface area contributed by atoms with Crippen LogP contribution >= 0.6 is 0 Å². The van der Waals surface area contributed by atoms with E-state index in [0.717, 1.165) is 18.1 Å². The summed E-state index contributed by atoms with van der Waals surface area (Å²) in [6.07, 6.45) is -3.78. The van der Waals surface area contributed by atoms with Crippen molar-refractivity contribution in [2.75, 3.05) is 20.2 Å². The zero-order valence-electron chi connectivity index (χ0n) is 20.2. The number of nitrogens with zero attached hydrogens (tertiary/aromatic N) is 1. The van der Waals surface area contributed by atoms with E-state index in [-0.39, 0.29) is 30.6 Å². The molecule has 3 rings (SSSR count). The minimum Gasteiger partial charge on any atom is -0.467 e. The second-order valence-corrected chi connectivity index (χ2v) is 8.24. The van der Waals surface area contributed by atoms with Gasteiger partial charge >= 0.3 is 12.1 Å². The van der Waals surface area contributed by atoms with E-state index in [1.807, 2.05) is 0 Å². The third-order valence-corrected chi connectivity index (χ3v) is 5.67. The van der Waals surface area contributed by atoms with Gasteiger partial charge in [-0.25, -0.2) is 4.79 Å². The molecule has 0 aromatic heterocycles. The van der Waals surface area contributed by atoms with Crippen molar-refractivity contribution in [3.63, 3.8) is 0 Å². The van der Waals surface area contributed by atoms with Crippen molar-refractivity contribution < 1.29 is 41.9 Å². The summed E-state index contributed by atoms with van der Waals surface area (Å²) in [6.45, 7) is -0.500. The molecule has 3 amide bonds. The number of fused-ring (bicyclic) bond motifs is 1. The van der Waals surface area contributed by atoms with Gasteiger partial charge in [0.2, 0.25) is 5.91 Å². The molecule has 2 aromatic carbocycles. The maximum Gasteiger partial charge on any atom is 0.454 e. The van der Waals surface area contributed by atoms with Gasteiger partial charge < -0.3 is 15.4 Å². The SMILES string of the molecule is COC(=O)[C@H](CNCC=CC(=O)C(F)(F)F)NC(=O)C(Cc1ccccc1)N1C(=O)c2ccccc2C1=O. The molecule has 200 valence electrons. The lowest BCUT2D eigenvalue weighted by molar-refractivity contribution is -0.165. The molecular weight excluding hydrogens is 507 g/mol. The van der Waals surface area contributed by atoms with Gasteiger partial charge in [0.15, 0.2) is 0 Å². The van der Waals surface area contributed by atoms with Crippen LogP contribution in [0.15, 0.2) is 66.7 Å². The van der Waals surface area contributed by atoms with E-state index in [4.69, 9.17) is 4.74 Å². The molecule has 0 saturated carbocycles. The summed E-state index contributed by atoms with van der Waals surface area (Å²) in [5, 5.41) is 5.10. The van der Waals surface area contributed by atoms with Crippen molar-refractivity contribution in [1.29, 1.82) is 0 Å². The van der Waals surface area contributed by atoms with Crippen LogP contribution in [0.2, 0.25) is 0 Å². The number of carbonyl (C=O) groups is 5. The van der Waals surface area contributed by atoms with Crippen LogP contribution in [0.5, 0.6) is 0 Å². The largest absolute Gasteiger partial charge is 0.467 e. The second-order valence-electron chi connectivity index (χ2n) is 8.24. The quantitative estimate of drug-likeness (QED) is 0.196. The van der Waals surface area contributed by atoms with E-state index in [9.17, 15) is 37.1 Å². The molecule has 0 radical (unpaired) electrons. The molecule has 2 N–H and O–H groups in total. The topological polar surface area (TPSA) is 122 Å². The molecule has 12 heteroatoms. The zero-order valence-corrected chi connectivity index (χ0v) is 20.2. The Hall–Kier alpha value is -4.32. The van der Waals surface area contributed by atoms with Gasteiger partial charge in [-0.3, -0.25) is 24.1 Å². The highest BCUT2D eigenvalue weighted by Crippen LogP contribution is 2.26. The van der Waals surface area contributed by atoms with Crippen LogP contribution in [0.4, 0.5) is 13.2 Å². The van der Waals surface area contributed by atoms with Crippen LogP contribution in [0.3, 0.4) is 0 Å². The number of carbonyl (C=O) groups excluding carboxylic acids is 5. The maximum atomic E-state index is 13.4. The third-order valence-electron chi connectivity index (χ3n) is 5.67. The standard InChI is InChI=1S/C26H24F3N3O6/c1-38-25(37)19(15-30-13-7-12-21(33)26(27,28)29)31-22(34)20(14-16-8-3-2-4-9-16)32-23(35)17-10-5-6-11-18(17)24(32)36/h2-12,19-20,30H,13-15H2,1H3,(H,31,34)/t19-,20?/m0/s1. The summed E-state index contributed by atoms with van der Waals surface area (Å²) in [4.78, 5) is 63.7. The number of amides is 3. The third kappa shape index (κ3) is 6.71. The first-order valence-electron chi connectivity index (χ1n) is 11.4. The molecule has 2 aromatic rings. The number of esters is 1. The average molecular weight is 531 g/mol. The maximum absolute atomic E-state index is 13.4. The summed E-state index contributed by atoms with van der Waals surface area (Å²) >= 11 is 0. The number of nitrogens with one attached hydrogen (secondary N) is 2.